The highest BCUT2D eigenvalue weighted by Gasteiger charge is 2.38. The van der Waals surface area contributed by atoms with Gasteiger partial charge in [0.15, 0.2) is 0 Å². The fraction of sp³-hybridized carbons (Fsp3) is 0.846. The predicted molar refractivity (Wildman–Crippen MR) is 70.1 cm³/mol. The zero-order valence-corrected chi connectivity index (χ0v) is 11.3. The zero-order chi connectivity index (χ0) is 12.3. The summed E-state index contributed by atoms with van der Waals surface area (Å²) in [4.78, 5) is 25.9. The fourth-order valence-corrected chi connectivity index (χ4v) is 3.55. The van der Waals surface area contributed by atoms with E-state index >= 15 is 0 Å². The molecule has 2 atom stereocenters. The summed E-state index contributed by atoms with van der Waals surface area (Å²) >= 11 is 1.57. The number of Topliss-reactive ketones (excluding diaryl/α,β-unsaturated/α-hetero) is 1. The summed E-state index contributed by atoms with van der Waals surface area (Å²) in [6.45, 7) is 0.855. The molecule has 0 aromatic carbocycles. The average molecular weight is 255 g/mol. The summed E-state index contributed by atoms with van der Waals surface area (Å²) in [5, 5.41) is 0. The smallest absolute Gasteiger partial charge is 0.232 e. The average Bonchev–Trinajstić information content (AvgIpc) is 2.76. The number of piperidine rings is 1. The highest BCUT2D eigenvalue weighted by molar-refractivity contribution is 7.99. The number of hydrogen-bond acceptors (Lipinski definition) is 3. The maximum Gasteiger partial charge on any atom is 0.232 e. The number of hydrogen-bond donors (Lipinski definition) is 0. The molecule has 0 bridgehead atoms. The van der Waals surface area contributed by atoms with Gasteiger partial charge in [-0.25, -0.2) is 0 Å². The van der Waals surface area contributed by atoms with Crippen molar-refractivity contribution in [3.05, 3.63) is 0 Å². The molecule has 1 aliphatic heterocycles. The molecule has 2 aliphatic rings. The van der Waals surface area contributed by atoms with Crippen molar-refractivity contribution < 1.29 is 9.59 Å². The number of thioether (sulfide) groups is 1. The van der Waals surface area contributed by atoms with Crippen LogP contribution in [0.15, 0.2) is 0 Å². The first kappa shape index (κ1) is 12.9. The van der Waals surface area contributed by atoms with Gasteiger partial charge in [0.2, 0.25) is 5.91 Å². The van der Waals surface area contributed by atoms with Crippen molar-refractivity contribution in [2.75, 3.05) is 18.6 Å². The van der Waals surface area contributed by atoms with Crippen molar-refractivity contribution >= 4 is 23.5 Å². The quantitative estimate of drug-likeness (QED) is 0.775. The number of ketones is 1. The van der Waals surface area contributed by atoms with E-state index in [9.17, 15) is 9.59 Å². The van der Waals surface area contributed by atoms with E-state index in [1.165, 1.54) is 0 Å². The summed E-state index contributed by atoms with van der Waals surface area (Å²) in [5.74, 6) is 1.30. The third-order valence-corrected chi connectivity index (χ3v) is 4.49. The van der Waals surface area contributed by atoms with Crippen LogP contribution in [0.25, 0.3) is 0 Å². The molecule has 0 radical (unpaired) electrons. The van der Waals surface area contributed by atoms with Crippen LogP contribution in [0.3, 0.4) is 0 Å². The Bertz CT molecular complexity index is 306. The van der Waals surface area contributed by atoms with Crippen LogP contribution in [-0.4, -0.2) is 41.2 Å². The maximum absolute atomic E-state index is 12.1. The number of amides is 1. The molecule has 3 nitrogen and oxygen atoms in total. The van der Waals surface area contributed by atoms with Gasteiger partial charge in [-0.15, -0.1) is 0 Å². The van der Waals surface area contributed by atoms with Gasteiger partial charge in [-0.2, -0.15) is 11.8 Å². The second kappa shape index (κ2) is 5.89. The Labute approximate surface area is 107 Å². The number of carbonyl (C=O) groups is 2. The highest BCUT2D eigenvalue weighted by Crippen LogP contribution is 2.32. The summed E-state index contributed by atoms with van der Waals surface area (Å²) < 4.78 is 0. The third-order valence-electron chi connectivity index (χ3n) is 3.95. The molecule has 0 aromatic rings. The van der Waals surface area contributed by atoms with E-state index in [1.807, 2.05) is 11.2 Å². The zero-order valence-electron chi connectivity index (χ0n) is 10.5. The van der Waals surface area contributed by atoms with Crippen LogP contribution in [-0.2, 0) is 9.59 Å². The van der Waals surface area contributed by atoms with Crippen molar-refractivity contribution in [1.29, 1.82) is 0 Å². The molecule has 2 fully saturated rings. The number of likely N-dealkylation sites (tertiary alicyclic amines) is 1. The van der Waals surface area contributed by atoms with Gasteiger partial charge in [-0.1, -0.05) is 0 Å². The van der Waals surface area contributed by atoms with Gasteiger partial charge < -0.3 is 4.90 Å². The minimum Gasteiger partial charge on any atom is -0.338 e. The van der Waals surface area contributed by atoms with Crippen molar-refractivity contribution in [1.82, 2.24) is 4.90 Å². The lowest BCUT2D eigenvalue weighted by Crippen LogP contribution is -2.49. The van der Waals surface area contributed by atoms with E-state index in [0.717, 1.165) is 45.1 Å². The molecular weight excluding hydrogens is 234 g/mol. The Morgan fingerprint density at radius 1 is 1.35 bits per heavy atom. The van der Waals surface area contributed by atoms with Gasteiger partial charge in [0, 0.05) is 24.9 Å². The van der Waals surface area contributed by atoms with Gasteiger partial charge in [-0.3, -0.25) is 9.59 Å². The van der Waals surface area contributed by atoms with Gasteiger partial charge in [0.25, 0.3) is 0 Å². The number of nitrogens with zero attached hydrogens (tertiary/aromatic N) is 1. The van der Waals surface area contributed by atoms with Gasteiger partial charge in [-0.05, 0) is 38.4 Å². The minimum absolute atomic E-state index is 0.140. The third kappa shape index (κ3) is 2.84. The molecule has 4 heteroatoms. The van der Waals surface area contributed by atoms with Gasteiger partial charge >= 0.3 is 0 Å². The molecule has 0 N–H and O–H groups in total. The molecule has 1 heterocycles. The van der Waals surface area contributed by atoms with E-state index in [4.69, 9.17) is 0 Å². The van der Waals surface area contributed by atoms with E-state index in [0.29, 0.717) is 11.5 Å². The van der Waals surface area contributed by atoms with Crippen LogP contribution in [0.1, 0.15) is 38.5 Å². The summed E-state index contributed by atoms with van der Waals surface area (Å²) in [5.41, 5.74) is 0. The molecule has 0 aromatic heterocycles. The number of carbonyl (C=O) groups excluding carboxylic acids is 2. The molecule has 1 saturated heterocycles. The lowest BCUT2D eigenvalue weighted by molar-refractivity contribution is -0.135. The van der Waals surface area contributed by atoms with Gasteiger partial charge in [0.05, 0.1) is 5.75 Å². The minimum atomic E-state index is 0.140. The van der Waals surface area contributed by atoms with E-state index in [1.54, 1.807) is 11.8 Å². The molecular formula is C13H21NO2S. The molecule has 0 spiro atoms. The Morgan fingerprint density at radius 2 is 2.18 bits per heavy atom. The van der Waals surface area contributed by atoms with Gasteiger partial charge in [0.1, 0.15) is 5.78 Å². The predicted octanol–water partition coefficient (Wildman–Crippen LogP) is 2.10. The van der Waals surface area contributed by atoms with Crippen LogP contribution in [0, 0.1) is 5.92 Å². The topological polar surface area (TPSA) is 37.4 Å². The van der Waals surface area contributed by atoms with Crippen LogP contribution in [0.2, 0.25) is 0 Å². The number of rotatable bonds is 3. The van der Waals surface area contributed by atoms with E-state index in [2.05, 4.69) is 0 Å². The standard InChI is InChI=1S/C13H21NO2S/c1-17-9-13(16)14-8-3-2-6-11(14)10-5-4-7-12(10)15/h10-11H,2-9H2,1H3. The fourth-order valence-electron chi connectivity index (χ4n) is 3.14. The van der Waals surface area contributed by atoms with E-state index in [-0.39, 0.29) is 17.9 Å². The molecule has 1 aliphatic carbocycles. The Balaban J connectivity index is 2.06. The molecule has 2 unspecified atom stereocenters. The van der Waals surface area contributed by atoms with Crippen LogP contribution in [0.5, 0.6) is 0 Å². The van der Waals surface area contributed by atoms with Crippen molar-refractivity contribution in [2.45, 2.75) is 44.6 Å². The second-order valence-corrected chi connectivity index (χ2v) is 5.91. The lowest BCUT2D eigenvalue weighted by Gasteiger charge is -2.38. The SMILES string of the molecule is CSCC(=O)N1CCCCC1C1CCCC1=O. The molecule has 17 heavy (non-hydrogen) atoms. The first-order valence-corrected chi connectivity index (χ1v) is 7.94. The Hall–Kier alpha value is -0.510. The van der Waals surface area contributed by atoms with Crippen LogP contribution >= 0.6 is 11.8 Å². The van der Waals surface area contributed by atoms with Crippen LogP contribution in [0.4, 0.5) is 0 Å². The van der Waals surface area contributed by atoms with Crippen molar-refractivity contribution in [3.8, 4) is 0 Å². The van der Waals surface area contributed by atoms with Crippen molar-refractivity contribution in [2.24, 2.45) is 5.92 Å². The van der Waals surface area contributed by atoms with E-state index < -0.39 is 0 Å². The maximum atomic E-state index is 12.1. The summed E-state index contributed by atoms with van der Waals surface area (Å²) in [7, 11) is 0. The molecule has 96 valence electrons. The Morgan fingerprint density at radius 3 is 2.82 bits per heavy atom. The lowest BCUT2D eigenvalue weighted by atomic mass is 9.88. The highest BCUT2D eigenvalue weighted by atomic mass is 32.2. The molecule has 1 saturated carbocycles. The summed E-state index contributed by atoms with van der Waals surface area (Å²) in [6, 6.07) is 0.207. The molecule has 2 rings (SSSR count). The first-order chi connectivity index (χ1) is 8.24. The van der Waals surface area contributed by atoms with Crippen LogP contribution < -0.4 is 0 Å². The monoisotopic (exact) mass is 255 g/mol. The first-order valence-electron chi connectivity index (χ1n) is 6.55. The van der Waals surface area contributed by atoms with Crippen molar-refractivity contribution in [3.63, 3.8) is 0 Å². The summed E-state index contributed by atoms with van der Waals surface area (Å²) in [6.07, 6.45) is 7.98. The second-order valence-electron chi connectivity index (χ2n) is 5.05. The molecule has 1 amide bonds. The Kier molecular flexibility index (Phi) is 4.48. The normalized spacial score (nSPS) is 29.7. The largest absolute Gasteiger partial charge is 0.338 e.